The summed E-state index contributed by atoms with van der Waals surface area (Å²) >= 11 is 0. The largest absolute Gasteiger partial charge is 0.487 e. The van der Waals surface area contributed by atoms with Crippen molar-refractivity contribution in [3.05, 3.63) is 59.4 Å². The smallest absolute Gasteiger partial charge is 0.130 e. The van der Waals surface area contributed by atoms with Crippen molar-refractivity contribution < 1.29 is 4.74 Å². The molecule has 0 aliphatic rings. The molecule has 3 heteroatoms. The fourth-order valence-electron chi connectivity index (χ4n) is 2.33. The molecule has 1 heterocycles. The Morgan fingerprint density at radius 3 is 2.57 bits per heavy atom. The molecule has 1 unspecified atom stereocenters. The van der Waals surface area contributed by atoms with E-state index >= 15 is 0 Å². The number of aryl methyl sites for hydroxylation is 1. The normalized spacial score (nSPS) is 12.1. The molecule has 1 N–H and O–H groups in total. The molecule has 0 amide bonds. The van der Waals surface area contributed by atoms with E-state index in [0.717, 1.165) is 30.1 Å². The second kappa shape index (κ2) is 7.79. The zero-order valence-electron chi connectivity index (χ0n) is 13.1. The summed E-state index contributed by atoms with van der Waals surface area (Å²) in [5, 5.41) is 3.42. The second-order valence-corrected chi connectivity index (χ2v) is 5.37. The Balaban J connectivity index is 1.87. The van der Waals surface area contributed by atoms with E-state index in [9.17, 15) is 0 Å². The number of rotatable bonds is 7. The van der Waals surface area contributed by atoms with Crippen LogP contribution in [0.4, 0.5) is 0 Å². The Bertz CT molecular complexity index is 551. The minimum atomic E-state index is 0.498. The Labute approximate surface area is 127 Å². The summed E-state index contributed by atoms with van der Waals surface area (Å²) < 4.78 is 5.78. The number of hydrogen-bond donors (Lipinski definition) is 1. The highest BCUT2D eigenvalue weighted by molar-refractivity contribution is 5.28. The summed E-state index contributed by atoms with van der Waals surface area (Å²) in [4.78, 5) is 4.43. The van der Waals surface area contributed by atoms with E-state index in [1.54, 1.807) is 0 Å². The average molecular weight is 284 g/mol. The molecule has 112 valence electrons. The highest BCUT2D eigenvalue weighted by Gasteiger charge is 2.03. The molecular formula is C18H24N2O. The van der Waals surface area contributed by atoms with Crippen LogP contribution < -0.4 is 10.1 Å². The fraction of sp³-hybridized carbons (Fsp3) is 0.389. The van der Waals surface area contributed by atoms with Gasteiger partial charge in [-0.25, -0.2) is 0 Å². The zero-order valence-corrected chi connectivity index (χ0v) is 13.1. The van der Waals surface area contributed by atoms with E-state index in [1.165, 1.54) is 5.56 Å². The minimum absolute atomic E-state index is 0.498. The van der Waals surface area contributed by atoms with Gasteiger partial charge in [0, 0.05) is 11.7 Å². The van der Waals surface area contributed by atoms with Gasteiger partial charge in [-0.3, -0.25) is 4.98 Å². The highest BCUT2D eigenvalue weighted by Crippen LogP contribution is 2.15. The molecule has 0 saturated carbocycles. The maximum absolute atomic E-state index is 5.78. The summed E-state index contributed by atoms with van der Waals surface area (Å²) in [7, 11) is 0. The van der Waals surface area contributed by atoms with Crippen LogP contribution in [0.5, 0.6) is 5.75 Å². The third-order valence-corrected chi connectivity index (χ3v) is 3.35. The van der Waals surface area contributed by atoms with Gasteiger partial charge in [0.1, 0.15) is 12.4 Å². The summed E-state index contributed by atoms with van der Waals surface area (Å²) in [6, 6.07) is 14.8. The van der Waals surface area contributed by atoms with Crippen LogP contribution in [0, 0.1) is 6.92 Å². The number of pyridine rings is 1. The van der Waals surface area contributed by atoms with Crippen LogP contribution in [0.2, 0.25) is 0 Å². The predicted octanol–water partition coefficient (Wildman–Crippen LogP) is 3.51. The van der Waals surface area contributed by atoms with Crippen LogP contribution in [-0.2, 0) is 13.0 Å². The molecule has 1 aromatic carbocycles. The predicted molar refractivity (Wildman–Crippen MR) is 86.6 cm³/mol. The van der Waals surface area contributed by atoms with Crippen molar-refractivity contribution in [2.24, 2.45) is 0 Å². The van der Waals surface area contributed by atoms with Crippen LogP contribution in [0.3, 0.4) is 0 Å². The molecule has 21 heavy (non-hydrogen) atoms. The summed E-state index contributed by atoms with van der Waals surface area (Å²) in [6.45, 7) is 7.84. The van der Waals surface area contributed by atoms with Crippen LogP contribution in [0.25, 0.3) is 0 Å². The van der Waals surface area contributed by atoms with E-state index in [-0.39, 0.29) is 0 Å². The molecule has 2 aromatic rings. The van der Waals surface area contributed by atoms with Gasteiger partial charge in [-0.15, -0.1) is 0 Å². The molecule has 0 aliphatic heterocycles. The summed E-state index contributed by atoms with van der Waals surface area (Å²) in [5.74, 6) is 0.887. The minimum Gasteiger partial charge on any atom is -0.487 e. The quantitative estimate of drug-likeness (QED) is 0.845. The van der Waals surface area contributed by atoms with Gasteiger partial charge in [-0.1, -0.05) is 25.1 Å². The monoisotopic (exact) mass is 284 g/mol. The molecule has 2 rings (SSSR count). The van der Waals surface area contributed by atoms with Gasteiger partial charge in [0.05, 0.1) is 5.69 Å². The number of nitrogens with zero attached hydrogens (tertiary/aromatic N) is 1. The van der Waals surface area contributed by atoms with E-state index in [0.29, 0.717) is 12.6 Å². The van der Waals surface area contributed by atoms with Gasteiger partial charge >= 0.3 is 0 Å². The number of ether oxygens (including phenoxy) is 1. The lowest BCUT2D eigenvalue weighted by atomic mass is 10.1. The Kier molecular flexibility index (Phi) is 5.76. The second-order valence-electron chi connectivity index (χ2n) is 5.37. The lowest BCUT2D eigenvalue weighted by Crippen LogP contribution is -2.27. The molecule has 0 fully saturated rings. The van der Waals surface area contributed by atoms with Crippen LogP contribution in [0.15, 0.2) is 42.5 Å². The van der Waals surface area contributed by atoms with Gasteiger partial charge in [0.2, 0.25) is 0 Å². The number of likely N-dealkylation sites (N-methyl/N-ethyl adjacent to an activating group) is 1. The number of nitrogens with one attached hydrogen (secondary N) is 1. The summed E-state index contributed by atoms with van der Waals surface area (Å²) in [5.41, 5.74) is 3.30. The Hall–Kier alpha value is -1.87. The first kappa shape index (κ1) is 15.5. The standard InChI is InChI=1S/C18H24N2O/c1-4-19-15(3)12-16-8-10-18(11-9-16)21-13-17-7-5-6-14(2)20-17/h5-11,15,19H,4,12-13H2,1-3H3. The van der Waals surface area contributed by atoms with Gasteiger partial charge in [-0.05, 0) is 56.6 Å². The van der Waals surface area contributed by atoms with E-state index in [4.69, 9.17) is 4.74 Å². The van der Waals surface area contributed by atoms with Crippen LogP contribution in [0.1, 0.15) is 30.8 Å². The van der Waals surface area contributed by atoms with Crippen molar-refractivity contribution in [3.63, 3.8) is 0 Å². The van der Waals surface area contributed by atoms with E-state index < -0.39 is 0 Å². The Morgan fingerprint density at radius 2 is 1.90 bits per heavy atom. The molecule has 3 nitrogen and oxygen atoms in total. The molecule has 0 saturated heterocycles. The molecule has 0 bridgehead atoms. The maximum Gasteiger partial charge on any atom is 0.130 e. The third-order valence-electron chi connectivity index (χ3n) is 3.35. The topological polar surface area (TPSA) is 34.1 Å². The number of benzene rings is 1. The van der Waals surface area contributed by atoms with Gasteiger partial charge < -0.3 is 10.1 Å². The SMILES string of the molecule is CCNC(C)Cc1ccc(OCc2cccc(C)n2)cc1. The number of hydrogen-bond acceptors (Lipinski definition) is 3. The molecule has 0 spiro atoms. The number of aromatic nitrogens is 1. The zero-order chi connectivity index (χ0) is 15.1. The first-order valence-corrected chi connectivity index (χ1v) is 7.55. The van der Waals surface area contributed by atoms with Gasteiger partial charge in [-0.2, -0.15) is 0 Å². The molecule has 1 aromatic heterocycles. The van der Waals surface area contributed by atoms with Crippen molar-refractivity contribution in [3.8, 4) is 5.75 Å². The van der Waals surface area contributed by atoms with E-state index in [2.05, 4.69) is 36.3 Å². The van der Waals surface area contributed by atoms with Crippen LogP contribution in [-0.4, -0.2) is 17.6 Å². The highest BCUT2D eigenvalue weighted by atomic mass is 16.5. The first-order chi connectivity index (χ1) is 10.2. The molecule has 0 aliphatic carbocycles. The van der Waals surface area contributed by atoms with Crippen molar-refractivity contribution in [1.82, 2.24) is 10.3 Å². The van der Waals surface area contributed by atoms with Crippen molar-refractivity contribution in [1.29, 1.82) is 0 Å². The van der Waals surface area contributed by atoms with E-state index in [1.807, 2.05) is 37.3 Å². The van der Waals surface area contributed by atoms with Crippen LogP contribution >= 0.6 is 0 Å². The molecule has 1 atom stereocenters. The molecule has 0 radical (unpaired) electrons. The lowest BCUT2D eigenvalue weighted by Gasteiger charge is -2.12. The lowest BCUT2D eigenvalue weighted by molar-refractivity contribution is 0.301. The maximum atomic E-state index is 5.78. The van der Waals surface area contributed by atoms with Crippen molar-refractivity contribution in [2.45, 2.75) is 39.8 Å². The van der Waals surface area contributed by atoms with Gasteiger partial charge in [0.25, 0.3) is 0 Å². The first-order valence-electron chi connectivity index (χ1n) is 7.55. The molecular weight excluding hydrogens is 260 g/mol. The summed E-state index contributed by atoms with van der Waals surface area (Å²) in [6.07, 6.45) is 1.04. The fourth-order valence-corrected chi connectivity index (χ4v) is 2.33. The van der Waals surface area contributed by atoms with Crippen molar-refractivity contribution in [2.75, 3.05) is 6.54 Å². The average Bonchev–Trinajstić information content (AvgIpc) is 2.47. The van der Waals surface area contributed by atoms with Crippen molar-refractivity contribution >= 4 is 0 Å². The third kappa shape index (κ3) is 5.20. The Morgan fingerprint density at radius 1 is 1.14 bits per heavy atom. The van der Waals surface area contributed by atoms with Gasteiger partial charge in [0.15, 0.2) is 0 Å².